The molecular formula is C7H19N5O2. The number of hydrogen-bond donors (Lipinski definition) is 3. The van der Waals surface area contributed by atoms with E-state index in [1.807, 2.05) is 0 Å². The van der Waals surface area contributed by atoms with Crippen molar-refractivity contribution in [3.05, 3.63) is 5.21 Å². The molecule has 0 fully saturated rings. The van der Waals surface area contributed by atoms with Gasteiger partial charge in [-0.05, 0) is 32.4 Å². The minimum Gasteiger partial charge on any atom is -0.569 e. The molecule has 0 spiro atoms. The number of nitrogens with two attached hydrogens (primary N) is 2. The molecule has 7 nitrogen and oxygen atoms in total. The molecule has 0 atom stereocenters. The molecule has 7 heteroatoms. The second kappa shape index (κ2) is 8.52. The highest BCUT2D eigenvalue weighted by Gasteiger charge is 2.10. The predicted octanol–water partition coefficient (Wildman–Crippen LogP) is -0.357. The second-order valence-corrected chi connectivity index (χ2v) is 2.93. The van der Waals surface area contributed by atoms with Gasteiger partial charge in [-0.3, -0.25) is 0 Å². The van der Waals surface area contributed by atoms with Gasteiger partial charge >= 0.3 is 0 Å². The smallest absolute Gasteiger partial charge is 0.230 e. The van der Waals surface area contributed by atoms with Crippen molar-refractivity contribution < 1.29 is 10.2 Å². The molecule has 14 heavy (non-hydrogen) atoms. The predicted molar refractivity (Wildman–Crippen MR) is 51.4 cm³/mol. The minimum absolute atomic E-state index is 0.187. The van der Waals surface area contributed by atoms with Crippen molar-refractivity contribution in [2.75, 3.05) is 26.2 Å². The van der Waals surface area contributed by atoms with Crippen LogP contribution in [0.25, 0.3) is 0 Å². The van der Waals surface area contributed by atoms with Crippen molar-refractivity contribution in [3.8, 4) is 0 Å². The van der Waals surface area contributed by atoms with Gasteiger partial charge in [0.25, 0.3) is 0 Å². The Labute approximate surface area is 83.5 Å². The Morgan fingerprint density at radius 1 is 1.14 bits per heavy atom. The topological polar surface area (TPSA) is 114 Å². The van der Waals surface area contributed by atoms with Crippen molar-refractivity contribution in [2.24, 2.45) is 16.7 Å². The van der Waals surface area contributed by atoms with Gasteiger partial charge in [0.15, 0.2) is 0 Å². The Morgan fingerprint density at radius 3 is 2.21 bits per heavy atom. The monoisotopic (exact) mass is 205 g/mol. The highest BCUT2D eigenvalue weighted by Crippen LogP contribution is 1.97. The molecule has 0 bridgehead atoms. The molecule has 0 aromatic carbocycles. The molecule has 0 saturated heterocycles. The van der Waals surface area contributed by atoms with E-state index in [9.17, 15) is 5.21 Å². The summed E-state index contributed by atoms with van der Waals surface area (Å²) in [6.07, 6.45) is 2.34. The van der Waals surface area contributed by atoms with E-state index in [2.05, 4.69) is 5.28 Å². The van der Waals surface area contributed by atoms with Gasteiger partial charge in [0.2, 0.25) is 5.28 Å². The van der Waals surface area contributed by atoms with Crippen LogP contribution in [0.4, 0.5) is 0 Å². The number of nitrogens with zero attached hydrogens (tertiary/aromatic N) is 3. The highest BCUT2D eigenvalue weighted by atomic mass is 16.6. The van der Waals surface area contributed by atoms with E-state index in [1.54, 1.807) is 0 Å². The maximum Gasteiger partial charge on any atom is 0.230 e. The summed E-state index contributed by atoms with van der Waals surface area (Å²) < 4.78 is 0. The average molecular weight is 205 g/mol. The van der Waals surface area contributed by atoms with Gasteiger partial charge in [-0.25, -0.2) is 0 Å². The summed E-state index contributed by atoms with van der Waals surface area (Å²) in [5.74, 6) is 0. The number of unbranched alkanes of at least 4 members (excludes halogenated alkanes) is 1. The fourth-order valence-corrected chi connectivity index (χ4v) is 1.05. The molecule has 0 unspecified atom stereocenters. The summed E-state index contributed by atoms with van der Waals surface area (Å²) in [6.45, 7) is 2.13. The fraction of sp³-hybridized carbons (Fsp3) is 1.00. The van der Waals surface area contributed by atoms with Crippen molar-refractivity contribution in [1.29, 1.82) is 0 Å². The van der Waals surface area contributed by atoms with E-state index in [4.69, 9.17) is 16.7 Å². The van der Waals surface area contributed by atoms with Crippen LogP contribution >= 0.6 is 0 Å². The first-order chi connectivity index (χ1) is 6.76. The highest BCUT2D eigenvalue weighted by molar-refractivity contribution is 4.49. The first-order valence-electron chi connectivity index (χ1n) is 4.73. The number of hydrogen-bond acceptors (Lipinski definition) is 4. The van der Waals surface area contributed by atoms with Gasteiger partial charge < -0.3 is 21.9 Å². The molecule has 0 rings (SSSR count). The van der Waals surface area contributed by atoms with E-state index in [0.29, 0.717) is 32.6 Å². The molecule has 0 saturated carbocycles. The first kappa shape index (κ1) is 12.9. The number of hydrazine groups is 1. The van der Waals surface area contributed by atoms with Crippen molar-refractivity contribution in [1.82, 2.24) is 5.01 Å². The van der Waals surface area contributed by atoms with Crippen LogP contribution in [0.15, 0.2) is 5.28 Å². The number of rotatable bonds is 8. The molecule has 0 aromatic heterocycles. The summed E-state index contributed by atoms with van der Waals surface area (Å²) in [5, 5.41) is 23.2. The van der Waals surface area contributed by atoms with E-state index >= 15 is 0 Å². The van der Waals surface area contributed by atoms with Gasteiger partial charge in [-0.2, -0.15) is 0 Å². The van der Waals surface area contributed by atoms with Crippen LogP contribution < -0.4 is 11.5 Å². The normalized spacial score (nSPS) is 11.7. The van der Waals surface area contributed by atoms with Crippen molar-refractivity contribution in [3.63, 3.8) is 0 Å². The van der Waals surface area contributed by atoms with Crippen LogP contribution in [0.3, 0.4) is 0 Å². The minimum atomic E-state index is 0.187. The Morgan fingerprint density at radius 2 is 1.71 bits per heavy atom. The van der Waals surface area contributed by atoms with E-state index in [1.165, 1.54) is 5.01 Å². The largest absolute Gasteiger partial charge is 0.569 e. The van der Waals surface area contributed by atoms with Crippen molar-refractivity contribution in [2.45, 2.75) is 19.3 Å². The molecule has 0 aliphatic carbocycles. The summed E-state index contributed by atoms with van der Waals surface area (Å²) in [7, 11) is 0. The molecule has 0 aromatic rings. The third kappa shape index (κ3) is 5.55. The molecule has 0 heterocycles. The van der Waals surface area contributed by atoms with E-state index in [0.717, 1.165) is 12.8 Å². The quantitative estimate of drug-likeness (QED) is 0.217. The zero-order valence-electron chi connectivity index (χ0n) is 8.30. The lowest BCUT2D eigenvalue weighted by molar-refractivity contribution is -0.709. The summed E-state index contributed by atoms with van der Waals surface area (Å²) in [6, 6.07) is 0. The summed E-state index contributed by atoms with van der Waals surface area (Å²) in [4.78, 5) is 0.187. The van der Waals surface area contributed by atoms with Gasteiger partial charge in [0.1, 0.15) is 0 Å². The Hall–Kier alpha value is -1.08. The van der Waals surface area contributed by atoms with E-state index in [-0.39, 0.29) is 4.97 Å². The Bertz CT molecular complexity index is 164. The Balaban J connectivity index is 3.85. The van der Waals surface area contributed by atoms with Crippen LogP contribution in [-0.2, 0) is 0 Å². The van der Waals surface area contributed by atoms with E-state index < -0.39 is 0 Å². The zero-order valence-corrected chi connectivity index (χ0v) is 8.30. The molecule has 84 valence electrons. The van der Waals surface area contributed by atoms with Gasteiger partial charge in [0, 0.05) is 0 Å². The van der Waals surface area contributed by atoms with Crippen LogP contribution in [0, 0.1) is 5.21 Å². The molecule has 0 aliphatic rings. The molecule has 0 amide bonds. The lowest BCUT2D eigenvalue weighted by Crippen LogP contribution is -2.33. The summed E-state index contributed by atoms with van der Waals surface area (Å²) >= 11 is 0. The Kier molecular flexibility index (Phi) is 7.86. The SMILES string of the molecule is NCCCCN(CCCN)/[N+]([O-])=N\O. The fourth-order valence-electron chi connectivity index (χ4n) is 1.05. The molecular weight excluding hydrogens is 186 g/mol. The van der Waals surface area contributed by atoms with Crippen molar-refractivity contribution >= 4 is 0 Å². The lowest BCUT2D eigenvalue weighted by atomic mass is 10.3. The van der Waals surface area contributed by atoms with Crippen LogP contribution in [0.5, 0.6) is 0 Å². The molecule has 5 N–H and O–H groups in total. The maximum absolute atomic E-state index is 11.0. The van der Waals surface area contributed by atoms with Gasteiger partial charge in [0.05, 0.1) is 18.1 Å². The third-order valence-corrected chi connectivity index (χ3v) is 1.81. The zero-order chi connectivity index (χ0) is 10.8. The maximum atomic E-state index is 11.0. The average Bonchev–Trinajstić information content (AvgIpc) is 2.22. The molecule has 0 aliphatic heterocycles. The standard InChI is InChI=1S/C7H19N5O2/c8-4-1-2-6-11(7-3-5-9)12(14)10-13/h13H,1-9H2/b12-10+. The lowest BCUT2D eigenvalue weighted by Gasteiger charge is -2.16. The van der Waals surface area contributed by atoms with Gasteiger partial charge in [-0.1, -0.05) is 0 Å². The second-order valence-electron chi connectivity index (χ2n) is 2.93. The van der Waals surface area contributed by atoms with Crippen LogP contribution in [0.1, 0.15) is 19.3 Å². The summed E-state index contributed by atoms with van der Waals surface area (Å²) in [5.41, 5.74) is 10.6. The van der Waals surface area contributed by atoms with Gasteiger partial charge in [-0.15, -0.1) is 5.01 Å². The molecule has 0 radical (unpaired) electrons. The third-order valence-electron chi connectivity index (χ3n) is 1.81. The van der Waals surface area contributed by atoms with Crippen LogP contribution in [-0.4, -0.2) is 41.4 Å². The first-order valence-corrected chi connectivity index (χ1v) is 4.73. The van der Waals surface area contributed by atoms with Crippen LogP contribution in [0.2, 0.25) is 0 Å².